The van der Waals surface area contributed by atoms with Gasteiger partial charge in [-0.05, 0) is 36.5 Å². The molecule has 27 heavy (non-hydrogen) atoms. The molecule has 1 aromatic carbocycles. The zero-order chi connectivity index (χ0) is 19.8. The van der Waals surface area contributed by atoms with Crippen LogP contribution in [-0.2, 0) is 20.8 Å². The summed E-state index contributed by atoms with van der Waals surface area (Å²) < 4.78 is 0. The van der Waals surface area contributed by atoms with Gasteiger partial charge in [0.05, 0.1) is 11.6 Å². The number of nitrogens with zero attached hydrogens (tertiary/aromatic N) is 1. The summed E-state index contributed by atoms with van der Waals surface area (Å²) in [6, 6.07) is 6.92. The summed E-state index contributed by atoms with van der Waals surface area (Å²) in [6.07, 6.45) is 4.78. The maximum absolute atomic E-state index is 12.7. The first-order chi connectivity index (χ1) is 12.9. The number of carboxylic acid groups (broad SMARTS) is 1. The van der Waals surface area contributed by atoms with Crippen LogP contribution in [0.5, 0.6) is 0 Å². The largest absolute Gasteiger partial charge is 0.480 e. The Hall–Kier alpha value is -2.88. The Labute approximate surface area is 158 Å². The van der Waals surface area contributed by atoms with Gasteiger partial charge in [0.2, 0.25) is 11.8 Å². The van der Waals surface area contributed by atoms with Crippen LogP contribution in [0.1, 0.15) is 50.2 Å². The second-order valence-corrected chi connectivity index (χ2v) is 6.99. The lowest BCUT2D eigenvalue weighted by Gasteiger charge is -2.29. The second kappa shape index (κ2) is 9.72. The molecule has 1 aliphatic carbocycles. The summed E-state index contributed by atoms with van der Waals surface area (Å²) in [5, 5.41) is 23.6. The van der Waals surface area contributed by atoms with Gasteiger partial charge in [-0.25, -0.2) is 4.79 Å². The van der Waals surface area contributed by atoms with Gasteiger partial charge >= 0.3 is 5.97 Å². The monoisotopic (exact) mass is 371 g/mol. The lowest BCUT2D eigenvalue weighted by atomic mass is 9.83. The highest BCUT2D eigenvalue weighted by Crippen LogP contribution is 2.26. The Kier molecular flexibility index (Phi) is 7.35. The van der Waals surface area contributed by atoms with Crippen molar-refractivity contribution >= 4 is 17.8 Å². The number of hydrogen-bond acceptors (Lipinski definition) is 4. The molecule has 2 amide bonds. The first-order valence-electron chi connectivity index (χ1n) is 9.20. The van der Waals surface area contributed by atoms with Crippen LogP contribution in [0.15, 0.2) is 24.3 Å². The van der Waals surface area contributed by atoms with E-state index in [0.29, 0.717) is 5.56 Å². The van der Waals surface area contributed by atoms with Gasteiger partial charge in [-0.15, -0.1) is 0 Å². The summed E-state index contributed by atoms with van der Waals surface area (Å²) in [5.41, 5.74) is 1.27. The number of carboxylic acids is 1. The molecule has 1 saturated carbocycles. The van der Waals surface area contributed by atoms with E-state index < -0.39 is 24.0 Å². The molecule has 0 heterocycles. The number of carbonyl (C=O) groups excluding carboxylic acids is 2. The van der Waals surface area contributed by atoms with Crippen molar-refractivity contribution in [1.29, 1.82) is 5.26 Å². The van der Waals surface area contributed by atoms with Crippen molar-refractivity contribution in [2.45, 2.75) is 57.5 Å². The van der Waals surface area contributed by atoms with E-state index in [1.807, 2.05) is 6.07 Å². The van der Waals surface area contributed by atoms with E-state index in [2.05, 4.69) is 10.6 Å². The maximum Gasteiger partial charge on any atom is 0.326 e. The Morgan fingerprint density at radius 3 is 2.30 bits per heavy atom. The minimum atomic E-state index is -1.05. The molecule has 0 aromatic heterocycles. The molecular weight excluding hydrogens is 346 g/mol. The van der Waals surface area contributed by atoms with E-state index >= 15 is 0 Å². The third-order valence-electron chi connectivity index (χ3n) is 4.90. The number of benzene rings is 1. The molecule has 3 N–H and O–H groups in total. The first kappa shape index (κ1) is 20.4. The summed E-state index contributed by atoms with van der Waals surface area (Å²) in [5.74, 6) is -2.01. The lowest BCUT2D eigenvalue weighted by molar-refractivity contribution is -0.144. The van der Waals surface area contributed by atoms with Gasteiger partial charge in [-0.2, -0.15) is 5.26 Å². The van der Waals surface area contributed by atoms with Gasteiger partial charge in [0.15, 0.2) is 0 Å². The number of nitrogens with one attached hydrogen (secondary N) is 2. The smallest absolute Gasteiger partial charge is 0.326 e. The maximum atomic E-state index is 12.7. The van der Waals surface area contributed by atoms with E-state index in [4.69, 9.17) is 5.26 Å². The summed E-state index contributed by atoms with van der Waals surface area (Å²) in [7, 11) is 0. The Bertz CT molecular complexity index is 718. The molecule has 1 fully saturated rings. The van der Waals surface area contributed by atoms with Crippen LogP contribution >= 0.6 is 0 Å². The Morgan fingerprint density at radius 2 is 1.78 bits per heavy atom. The number of hydrogen-bond donors (Lipinski definition) is 3. The molecule has 1 unspecified atom stereocenters. The van der Waals surface area contributed by atoms with E-state index in [1.165, 1.54) is 6.92 Å². The van der Waals surface area contributed by atoms with Gasteiger partial charge in [0, 0.05) is 13.3 Å². The van der Waals surface area contributed by atoms with Crippen LogP contribution in [0.2, 0.25) is 0 Å². The Morgan fingerprint density at radius 1 is 1.15 bits per heavy atom. The third kappa shape index (κ3) is 6.10. The zero-order valence-electron chi connectivity index (χ0n) is 15.4. The molecule has 144 valence electrons. The second-order valence-electron chi connectivity index (χ2n) is 6.99. The van der Waals surface area contributed by atoms with Crippen LogP contribution in [-0.4, -0.2) is 35.0 Å². The highest BCUT2D eigenvalue weighted by Gasteiger charge is 2.32. The summed E-state index contributed by atoms with van der Waals surface area (Å²) in [4.78, 5) is 35.9. The highest BCUT2D eigenvalue weighted by molar-refractivity contribution is 5.90. The number of rotatable bonds is 7. The van der Waals surface area contributed by atoms with Crippen LogP contribution in [0.25, 0.3) is 0 Å². The fraction of sp³-hybridized carbons (Fsp3) is 0.500. The highest BCUT2D eigenvalue weighted by atomic mass is 16.4. The van der Waals surface area contributed by atoms with Crippen molar-refractivity contribution in [3.05, 3.63) is 35.4 Å². The van der Waals surface area contributed by atoms with E-state index in [0.717, 1.165) is 37.7 Å². The van der Waals surface area contributed by atoms with Gasteiger partial charge < -0.3 is 15.7 Å². The van der Waals surface area contributed by atoms with Crippen LogP contribution in [0.4, 0.5) is 0 Å². The predicted molar refractivity (Wildman–Crippen MR) is 98.6 cm³/mol. The molecule has 7 heteroatoms. The molecule has 7 nitrogen and oxygen atoms in total. The topological polar surface area (TPSA) is 119 Å². The zero-order valence-corrected chi connectivity index (χ0v) is 15.4. The average Bonchev–Trinajstić information content (AvgIpc) is 2.66. The fourth-order valence-electron chi connectivity index (χ4n) is 3.51. The van der Waals surface area contributed by atoms with Crippen LogP contribution in [0.3, 0.4) is 0 Å². The SMILES string of the molecule is CC(=O)NC(Cc1ccc(C#N)cc1)C(=O)N[C@H](C(=O)O)C1CCCCC1. The van der Waals surface area contributed by atoms with E-state index in [-0.39, 0.29) is 18.2 Å². The van der Waals surface area contributed by atoms with Crippen molar-refractivity contribution in [3.8, 4) is 6.07 Å². The van der Waals surface area contributed by atoms with Crippen LogP contribution in [0, 0.1) is 17.2 Å². The lowest BCUT2D eigenvalue weighted by Crippen LogP contribution is -2.54. The number of nitriles is 1. The van der Waals surface area contributed by atoms with Gasteiger partial charge in [-0.1, -0.05) is 31.4 Å². The first-order valence-corrected chi connectivity index (χ1v) is 9.20. The molecule has 1 aliphatic rings. The number of amides is 2. The standard InChI is InChI=1S/C20H25N3O4/c1-13(24)22-17(11-14-7-9-15(12-21)10-8-14)19(25)23-18(20(26)27)16-5-3-2-4-6-16/h7-10,16-18H,2-6,11H2,1H3,(H,22,24)(H,23,25)(H,26,27)/t17?,18-/m0/s1. The molecule has 0 saturated heterocycles. The van der Waals surface area contributed by atoms with Crippen molar-refractivity contribution in [1.82, 2.24) is 10.6 Å². The molecule has 0 bridgehead atoms. The van der Waals surface area contributed by atoms with E-state index in [9.17, 15) is 19.5 Å². The summed E-state index contributed by atoms with van der Waals surface area (Å²) >= 11 is 0. The minimum absolute atomic E-state index is 0.0897. The van der Waals surface area contributed by atoms with Gasteiger partial charge in [0.25, 0.3) is 0 Å². The van der Waals surface area contributed by atoms with Crippen LogP contribution < -0.4 is 10.6 Å². The molecule has 0 spiro atoms. The number of aliphatic carboxylic acids is 1. The Balaban J connectivity index is 2.10. The van der Waals surface area contributed by atoms with Gasteiger partial charge in [0.1, 0.15) is 12.1 Å². The third-order valence-corrected chi connectivity index (χ3v) is 4.90. The van der Waals surface area contributed by atoms with Crippen molar-refractivity contribution in [2.24, 2.45) is 5.92 Å². The molecule has 2 rings (SSSR count). The molecule has 2 atom stereocenters. The van der Waals surface area contributed by atoms with Crippen molar-refractivity contribution in [2.75, 3.05) is 0 Å². The molecule has 0 radical (unpaired) electrons. The quantitative estimate of drug-likeness (QED) is 0.675. The van der Waals surface area contributed by atoms with Gasteiger partial charge in [-0.3, -0.25) is 9.59 Å². The normalized spacial score (nSPS) is 16.6. The molecular formula is C20H25N3O4. The minimum Gasteiger partial charge on any atom is -0.480 e. The summed E-state index contributed by atoms with van der Waals surface area (Å²) in [6.45, 7) is 1.31. The number of carbonyl (C=O) groups is 3. The van der Waals surface area contributed by atoms with Crippen molar-refractivity contribution in [3.63, 3.8) is 0 Å². The molecule has 1 aromatic rings. The van der Waals surface area contributed by atoms with Crippen molar-refractivity contribution < 1.29 is 19.5 Å². The average molecular weight is 371 g/mol. The fourth-order valence-corrected chi connectivity index (χ4v) is 3.51. The van der Waals surface area contributed by atoms with E-state index in [1.54, 1.807) is 24.3 Å². The molecule has 0 aliphatic heterocycles. The predicted octanol–water partition coefficient (Wildman–Crippen LogP) is 1.76.